The number of nitrogens with zero attached hydrogens (tertiary/aromatic N) is 4. The van der Waals surface area contributed by atoms with Crippen molar-refractivity contribution >= 4 is 35.1 Å². The van der Waals surface area contributed by atoms with Crippen molar-refractivity contribution in [2.75, 3.05) is 11.1 Å². The van der Waals surface area contributed by atoms with E-state index in [2.05, 4.69) is 20.5 Å². The summed E-state index contributed by atoms with van der Waals surface area (Å²) in [4.78, 5) is 16.3. The van der Waals surface area contributed by atoms with Gasteiger partial charge >= 0.3 is 0 Å². The van der Waals surface area contributed by atoms with E-state index in [9.17, 15) is 4.79 Å². The number of carbonyl (C=O) groups is 1. The number of para-hydroxylation sites is 1. The summed E-state index contributed by atoms with van der Waals surface area (Å²) in [5.41, 5.74) is 1.06. The summed E-state index contributed by atoms with van der Waals surface area (Å²) < 4.78 is 8.03. The number of aryl methyl sites for hydroxylation is 1. The van der Waals surface area contributed by atoms with Crippen molar-refractivity contribution in [1.29, 1.82) is 0 Å². The molecule has 9 heteroatoms. The number of benzene rings is 1. The zero-order valence-electron chi connectivity index (χ0n) is 16.4. The topological polar surface area (TPSA) is 81.9 Å². The molecule has 1 amide bonds. The minimum Gasteiger partial charge on any atom is -0.482 e. The van der Waals surface area contributed by atoms with Gasteiger partial charge in [0.25, 0.3) is 0 Å². The highest BCUT2D eigenvalue weighted by Gasteiger charge is 2.20. The summed E-state index contributed by atoms with van der Waals surface area (Å²) in [5.74, 6) is 2.00. The number of aromatic nitrogens is 4. The number of pyridine rings is 1. The highest BCUT2D eigenvalue weighted by atomic mass is 35.5. The maximum Gasteiger partial charge on any atom is 0.236 e. The van der Waals surface area contributed by atoms with Crippen LogP contribution in [0.4, 0.5) is 5.82 Å². The van der Waals surface area contributed by atoms with Gasteiger partial charge in [0.05, 0.1) is 10.8 Å². The Kier molecular flexibility index (Phi) is 7.11. The average molecular weight is 432 g/mol. The molecule has 3 aromatic rings. The molecule has 0 aliphatic carbocycles. The van der Waals surface area contributed by atoms with Crippen molar-refractivity contribution < 1.29 is 9.53 Å². The van der Waals surface area contributed by atoms with Crippen LogP contribution in [0.5, 0.6) is 5.75 Å². The summed E-state index contributed by atoms with van der Waals surface area (Å²) in [6.07, 6.45) is 1.21. The van der Waals surface area contributed by atoms with Gasteiger partial charge in [0.1, 0.15) is 11.6 Å². The number of carbonyl (C=O) groups excluding carboxylic acids is 1. The molecule has 0 radical (unpaired) electrons. The van der Waals surface area contributed by atoms with Gasteiger partial charge in [0, 0.05) is 12.7 Å². The lowest BCUT2D eigenvalue weighted by Crippen LogP contribution is -2.16. The molecule has 0 fully saturated rings. The molecule has 2 aromatic heterocycles. The summed E-state index contributed by atoms with van der Waals surface area (Å²) in [6.45, 7) is 6.62. The third kappa shape index (κ3) is 5.48. The Morgan fingerprint density at radius 2 is 2.07 bits per heavy atom. The van der Waals surface area contributed by atoms with Crippen molar-refractivity contribution in [3.05, 3.63) is 59.0 Å². The maximum atomic E-state index is 12.2. The molecule has 0 saturated carbocycles. The van der Waals surface area contributed by atoms with E-state index < -0.39 is 0 Å². The second-order valence-corrected chi connectivity index (χ2v) is 7.69. The van der Waals surface area contributed by atoms with E-state index in [-0.39, 0.29) is 17.8 Å². The summed E-state index contributed by atoms with van der Waals surface area (Å²) in [5, 5.41) is 12.5. The molecule has 0 spiro atoms. The molecule has 0 aliphatic rings. The smallest absolute Gasteiger partial charge is 0.236 e. The molecule has 1 unspecified atom stereocenters. The van der Waals surface area contributed by atoms with E-state index >= 15 is 0 Å². The zero-order valence-corrected chi connectivity index (χ0v) is 18.0. The third-order valence-corrected chi connectivity index (χ3v) is 5.34. The van der Waals surface area contributed by atoms with Gasteiger partial charge in [-0.05, 0) is 44.5 Å². The summed E-state index contributed by atoms with van der Waals surface area (Å²) >= 11 is 7.12. The Morgan fingerprint density at radius 1 is 1.28 bits per heavy atom. The Hall–Kier alpha value is -2.58. The molecule has 2 heterocycles. The molecule has 1 atom stereocenters. The van der Waals surface area contributed by atoms with E-state index in [1.165, 1.54) is 18.0 Å². The van der Waals surface area contributed by atoms with E-state index in [0.29, 0.717) is 22.5 Å². The third-order valence-electron chi connectivity index (χ3n) is 4.15. The largest absolute Gasteiger partial charge is 0.482 e. The van der Waals surface area contributed by atoms with Crippen LogP contribution in [0.25, 0.3) is 0 Å². The predicted octanol–water partition coefficient (Wildman–Crippen LogP) is 4.53. The highest BCUT2D eigenvalue weighted by Crippen LogP contribution is 2.26. The monoisotopic (exact) mass is 431 g/mol. The highest BCUT2D eigenvalue weighted by molar-refractivity contribution is 7.99. The first-order chi connectivity index (χ1) is 14.0. The van der Waals surface area contributed by atoms with Crippen LogP contribution in [0.2, 0.25) is 5.02 Å². The van der Waals surface area contributed by atoms with Gasteiger partial charge in [0.15, 0.2) is 17.1 Å². The molecule has 0 bridgehead atoms. The summed E-state index contributed by atoms with van der Waals surface area (Å²) in [6, 6.07) is 11.2. The van der Waals surface area contributed by atoms with Crippen molar-refractivity contribution in [3.8, 4) is 5.75 Å². The van der Waals surface area contributed by atoms with Crippen molar-refractivity contribution in [3.63, 3.8) is 0 Å². The fourth-order valence-corrected chi connectivity index (χ4v) is 3.62. The van der Waals surface area contributed by atoms with Crippen LogP contribution in [0, 0.1) is 6.92 Å². The van der Waals surface area contributed by atoms with Crippen LogP contribution in [-0.2, 0) is 11.3 Å². The first kappa shape index (κ1) is 21.1. The second-order valence-electron chi connectivity index (χ2n) is 6.31. The van der Waals surface area contributed by atoms with Gasteiger partial charge in [-0.1, -0.05) is 41.6 Å². The first-order valence-corrected chi connectivity index (χ1v) is 10.5. The zero-order chi connectivity index (χ0) is 20.8. The van der Waals surface area contributed by atoms with Gasteiger partial charge in [-0.15, -0.1) is 10.2 Å². The van der Waals surface area contributed by atoms with Crippen LogP contribution in [0.1, 0.15) is 31.3 Å². The molecule has 29 heavy (non-hydrogen) atoms. The molecule has 0 saturated heterocycles. The number of nitrogens with one attached hydrogen (secondary N) is 1. The molecule has 1 N–H and O–H groups in total. The van der Waals surface area contributed by atoms with Gasteiger partial charge in [-0.25, -0.2) is 4.98 Å². The lowest BCUT2D eigenvalue weighted by Gasteiger charge is -2.16. The number of ether oxygens (including phenoxy) is 1. The van der Waals surface area contributed by atoms with Gasteiger partial charge in [-0.2, -0.15) is 0 Å². The van der Waals surface area contributed by atoms with Crippen molar-refractivity contribution in [2.24, 2.45) is 0 Å². The van der Waals surface area contributed by atoms with Crippen LogP contribution in [-0.4, -0.2) is 31.4 Å². The molecule has 152 valence electrons. The fourth-order valence-electron chi connectivity index (χ4n) is 2.70. The second kappa shape index (κ2) is 9.76. The van der Waals surface area contributed by atoms with Crippen LogP contribution in [0.15, 0.2) is 47.8 Å². The Morgan fingerprint density at radius 3 is 2.76 bits per heavy atom. The average Bonchev–Trinajstić information content (AvgIpc) is 3.13. The van der Waals surface area contributed by atoms with E-state index in [1.807, 2.05) is 49.6 Å². The fraction of sp³-hybridized carbons (Fsp3) is 0.300. The minimum atomic E-state index is -0.273. The number of rotatable bonds is 8. The van der Waals surface area contributed by atoms with Gasteiger partial charge < -0.3 is 14.6 Å². The Bertz CT molecular complexity index is 977. The Labute approximate surface area is 178 Å². The molecule has 7 nitrogen and oxygen atoms in total. The van der Waals surface area contributed by atoms with Gasteiger partial charge in [-0.3, -0.25) is 4.79 Å². The minimum absolute atomic E-state index is 0.179. The SMILES string of the molecule is CCn1c(SCC(=O)Nc2ccc(Cl)cn2)nnc1C(C)Oc1ccccc1C. The number of halogens is 1. The van der Waals surface area contributed by atoms with Crippen LogP contribution >= 0.6 is 23.4 Å². The number of amides is 1. The first-order valence-electron chi connectivity index (χ1n) is 9.17. The number of anilines is 1. The number of hydrogen-bond acceptors (Lipinski definition) is 6. The van der Waals surface area contributed by atoms with E-state index in [4.69, 9.17) is 16.3 Å². The molecule has 3 rings (SSSR count). The lowest BCUT2D eigenvalue weighted by atomic mass is 10.2. The quantitative estimate of drug-likeness (QED) is 0.528. The molecule has 0 aliphatic heterocycles. The number of thioether (sulfide) groups is 1. The van der Waals surface area contributed by atoms with Crippen LogP contribution in [0.3, 0.4) is 0 Å². The Balaban J connectivity index is 1.63. The van der Waals surface area contributed by atoms with Crippen molar-refractivity contribution in [2.45, 2.75) is 38.6 Å². The molecule has 1 aromatic carbocycles. The van der Waals surface area contributed by atoms with Gasteiger partial charge in [0.2, 0.25) is 5.91 Å². The van der Waals surface area contributed by atoms with E-state index in [0.717, 1.165) is 17.1 Å². The molecular formula is C20H22ClN5O2S. The lowest BCUT2D eigenvalue weighted by molar-refractivity contribution is -0.113. The standard InChI is InChI=1S/C20H22ClN5O2S/c1-4-26-19(14(3)28-16-8-6-5-7-13(16)2)24-25-20(26)29-12-18(27)23-17-10-9-15(21)11-22-17/h5-11,14H,4,12H2,1-3H3,(H,22,23,27). The summed E-state index contributed by atoms with van der Waals surface area (Å²) in [7, 11) is 0. The van der Waals surface area contributed by atoms with E-state index in [1.54, 1.807) is 12.1 Å². The normalized spacial score (nSPS) is 11.9. The van der Waals surface area contributed by atoms with Crippen molar-refractivity contribution in [1.82, 2.24) is 19.7 Å². The maximum absolute atomic E-state index is 12.2. The van der Waals surface area contributed by atoms with Crippen LogP contribution < -0.4 is 10.1 Å². The molecular weight excluding hydrogens is 410 g/mol. The predicted molar refractivity (Wildman–Crippen MR) is 115 cm³/mol. The number of hydrogen-bond donors (Lipinski definition) is 1.